The predicted octanol–water partition coefficient (Wildman–Crippen LogP) is 3.19. The number of benzene rings is 2. The Morgan fingerprint density at radius 1 is 1.19 bits per heavy atom. The molecule has 140 valence electrons. The fourth-order valence-electron chi connectivity index (χ4n) is 2.76. The molecule has 2 unspecified atom stereocenters. The zero-order chi connectivity index (χ0) is 18.9. The van der Waals surface area contributed by atoms with Crippen LogP contribution in [0.3, 0.4) is 0 Å². The maximum absolute atomic E-state index is 13.2. The number of carbonyl (C=O) groups excluding carboxylic acids is 1. The minimum Gasteiger partial charge on any atom is -0.469 e. The first-order valence-electron chi connectivity index (χ1n) is 8.79. The van der Waals surface area contributed by atoms with Gasteiger partial charge in [0.1, 0.15) is 5.82 Å². The van der Waals surface area contributed by atoms with Gasteiger partial charge in [-0.1, -0.05) is 36.4 Å². The van der Waals surface area contributed by atoms with Crippen LogP contribution in [0.5, 0.6) is 0 Å². The van der Waals surface area contributed by atoms with Crippen LogP contribution >= 0.6 is 0 Å². The van der Waals surface area contributed by atoms with E-state index in [-0.39, 0.29) is 17.8 Å². The van der Waals surface area contributed by atoms with Crippen LogP contribution in [-0.2, 0) is 22.4 Å². The Morgan fingerprint density at radius 3 is 2.54 bits per heavy atom. The Kier molecular flexibility index (Phi) is 7.75. The van der Waals surface area contributed by atoms with Crippen LogP contribution in [0.15, 0.2) is 48.5 Å². The van der Waals surface area contributed by atoms with Crippen molar-refractivity contribution in [2.45, 2.75) is 38.3 Å². The number of aliphatic hydroxyl groups excluding tert-OH is 1. The molecule has 0 fully saturated rings. The summed E-state index contributed by atoms with van der Waals surface area (Å²) >= 11 is 0. The van der Waals surface area contributed by atoms with E-state index in [0.29, 0.717) is 24.9 Å². The Morgan fingerprint density at radius 2 is 1.88 bits per heavy atom. The number of aliphatic hydroxyl groups is 1. The normalized spacial score (nSPS) is 13.2. The number of nitrogens with one attached hydrogen (secondary N) is 1. The molecular weight excluding hydrogens is 333 g/mol. The molecule has 26 heavy (non-hydrogen) atoms. The van der Waals surface area contributed by atoms with E-state index in [0.717, 1.165) is 12.0 Å². The predicted molar refractivity (Wildman–Crippen MR) is 99.3 cm³/mol. The van der Waals surface area contributed by atoms with Crippen molar-refractivity contribution in [2.75, 3.05) is 13.7 Å². The van der Waals surface area contributed by atoms with Crippen molar-refractivity contribution < 1.29 is 19.0 Å². The standard InChI is InChI=1S/C21H26FNO3/c1-15(23-14-20(24)18-4-3-5-19(22)13-18)12-17-8-6-16(7-9-17)10-11-21(25)26-2/h3-9,13,15,20,23-24H,10-12,14H2,1-2H3. The number of halogens is 1. The van der Waals surface area contributed by atoms with Gasteiger partial charge in [0.25, 0.3) is 0 Å². The lowest BCUT2D eigenvalue weighted by atomic mass is 10.0. The monoisotopic (exact) mass is 359 g/mol. The van der Waals surface area contributed by atoms with Gasteiger partial charge in [-0.15, -0.1) is 0 Å². The van der Waals surface area contributed by atoms with E-state index < -0.39 is 6.10 Å². The highest BCUT2D eigenvalue weighted by Crippen LogP contribution is 2.14. The third-order valence-corrected chi connectivity index (χ3v) is 4.30. The Bertz CT molecular complexity index is 703. The molecule has 0 aromatic heterocycles. The van der Waals surface area contributed by atoms with Crippen molar-refractivity contribution in [1.82, 2.24) is 5.32 Å². The van der Waals surface area contributed by atoms with Gasteiger partial charge in [-0.25, -0.2) is 4.39 Å². The van der Waals surface area contributed by atoms with Crippen LogP contribution in [0.4, 0.5) is 4.39 Å². The molecule has 2 atom stereocenters. The van der Waals surface area contributed by atoms with Gasteiger partial charge in [-0.3, -0.25) is 4.79 Å². The van der Waals surface area contributed by atoms with E-state index in [1.807, 2.05) is 31.2 Å². The van der Waals surface area contributed by atoms with E-state index in [1.165, 1.54) is 24.8 Å². The largest absolute Gasteiger partial charge is 0.469 e. The van der Waals surface area contributed by atoms with Crippen LogP contribution < -0.4 is 5.32 Å². The molecule has 2 aromatic rings. The highest BCUT2D eigenvalue weighted by Gasteiger charge is 2.11. The number of rotatable bonds is 9. The highest BCUT2D eigenvalue weighted by molar-refractivity contribution is 5.69. The minimum absolute atomic E-state index is 0.166. The molecule has 2 aromatic carbocycles. The SMILES string of the molecule is COC(=O)CCc1ccc(CC(C)NCC(O)c2cccc(F)c2)cc1. The number of ether oxygens (including phenoxy) is 1. The molecule has 0 saturated carbocycles. The number of methoxy groups -OCH3 is 1. The van der Waals surface area contributed by atoms with Gasteiger partial charge >= 0.3 is 5.97 Å². The van der Waals surface area contributed by atoms with Crippen molar-refractivity contribution >= 4 is 5.97 Å². The van der Waals surface area contributed by atoms with Crippen LogP contribution in [0.25, 0.3) is 0 Å². The average Bonchev–Trinajstić information content (AvgIpc) is 2.65. The quantitative estimate of drug-likeness (QED) is 0.675. The maximum Gasteiger partial charge on any atom is 0.305 e. The van der Waals surface area contributed by atoms with Gasteiger partial charge in [0, 0.05) is 19.0 Å². The highest BCUT2D eigenvalue weighted by atomic mass is 19.1. The summed E-state index contributed by atoms with van der Waals surface area (Å²) in [5, 5.41) is 13.4. The van der Waals surface area contributed by atoms with Gasteiger partial charge < -0.3 is 15.2 Å². The summed E-state index contributed by atoms with van der Waals surface area (Å²) in [7, 11) is 1.39. The lowest BCUT2D eigenvalue weighted by Gasteiger charge is -2.18. The van der Waals surface area contributed by atoms with Crippen LogP contribution in [-0.4, -0.2) is 30.8 Å². The van der Waals surface area contributed by atoms with E-state index >= 15 is 0 Å². The number of hydrogen-bond donors (Lipinski definition) is 2. The topological polar surface area (TPSA) is 58.6 Å². The van der Waals surface area contributed by atoms with Gasteiger partial charge in [-0.2, -0.15) is 0 Å². The Balaban J connectivity index is 1.78. The summed E-state index contributed by atoms with van der Waals surface area (Å²) in [5.41, 5.74) is 2.84. The van der Waals surface area contributed by atoms with Gasteiger partial charge in [-0.05, 0) is 48.6 Å². The minimum atomic E-state index is -0.742. The lowest BCUT2D eigenvalue weighted by molar-refractivity contribution is -0.140. The maximum atomic E-state index is 13.2. The summed E-state index contributed by atoms with van der Waals surface area (Å²) < 4.78 is 17.9. The molecule has 0 aliphatic carbocycles. The Labute approximate surface area is 154 Å². The van der Waals surface area contributed by atoms with Crippen molar-refractivity contribution in [2.24, 2.45) is 0 Å². The summed E-state index contributed by atoms with van der Waals surface area (Å²) in [6, 6.07) is 14.3. The summed E-state index contributed by atoms with van der Waals surface area (Å²) in [6.45, 7) is 2.41. The first-order valence-corrected chi connectivity index (χ1v) is 8.79. The molecule has 0 heterocycles. The smallest absolute Gasteiger partial charge is 0.305 e. The number of carbonyl (C=O) groups is 1. The van der Waals surface area contributed by atoms with Crippen LogP contribution in [0.1, 0.15) is 36.1 Å². The summed E-state index contributed by atoms with van der Waals surface area (Å²) in [4.78, 5) is 11.2. The molecule has 0 amide bonds. The van der Waals surface area contributed by atoms with Gasteiger partial charge in [0.05, 0.1) is 13.2 Å². The molecule has 4 nitrogen and oxygen atoms in total. The number of hydrogen-bond acceptors (Lipinski definition) is 4. The van der Waals surface area contributed by atoms with Crippen molar-refractivity contribution in [1.29, 1.82) is 0 Å². The zero-order valence-electron chi connectivity index (χ0n) is 15.2. The molecule has 0 aliphatic heterocycles. The second-order valence-electron chi connectivity index (χ2n) is 6.48. The molecule has 0 bridgehead atoms. The second kappa shape index (κ2) is 10.0. The van der Waals surface area contributed by atoms with Crippen molar-refractivity contribution in [3.05, 3.63) is 71.0 Å². The van der Waals surface area contributed by atoms with Crippen molar-refractivity contribution in [3.63, 3.8) is 0 Å². The first-order chi connectivity index (χ1) is 12.5. The molecule has 0 aliphatic rings. The number of esters is 1. The molecule has 5 heteroatoms. The van der Waals surface area contributed by atoms with E-state index in [2.05, 4.69) is 10.1 Å². The van der Waals surface area contributed by atoms with E-state index in [9.17, 15) is 14.3 Å². The number of aryl methyl sites for hydroxylation is 1. The average molecular weight is 359 g/mol. The van der Waals surface area contributed by atoms with E-state index in [4.69, 9.17) is 0 Å². The molecule has 2 rings (SSSR count). The fraction of sp³-hybridized carbons (Fsp3) is 0.381. The molecule has 0 radical (unpaired) electrons. The summed E-state index contributed by atoms with van der Waals surface area (Å²) in [5.74, 6) is -0.550. The van der Waals surface area contributed by atoms with Crippen LogP contribution in [0, 0.1) is 5.82 Å². The molecule has 2 N–H and O–H groups in total. The Hall–Kier alpha value is -2.24. The molecular formula is C21H26FNO3. The van der Waals surface area contributed by atoms with Gasteiger partial charge in [0.15, 0.2) is 0 Å². The third kappa shape index (κ3) is 6.58. The first kappa shape index (κ1) is 20.1. The third-order valence-electron chi connectivity index (χ3n) is 4.30. The van der Waals surface area contributed by atoms with Gasteiger partial charge in [0.2, 0.25) is 0 Å². The zero-order valence-corrected chi connectivity index (χ0v) is 15.2. The summed E-state index contributed by atoms with van der Waals surface area (Å²) in [6.07, 6.45) is 1.12. The molecule has 0 spiro atoms. The van der Waals surface area contributed by atoms with Crippen LogP contribution in [0.2, 0.25) is 0 Å². The molecule has 0 saturated heterocycles. The van der Waals surface area contributed by atoms with E-state index in [1.54, 1.807) is 12.1 Å². The lowest BCUT2D eigenvalue weighted by Crippen LogP contribution is -2.32. The fourth-order valence-corrected chi connectivity index (χ4v) is 2.76. The van der Waals surface area contributed by atoms with Crippen molar-refractivity contribution in [3.8, 4) is 0 Å². The second-order valence-corrected chi connectivity index (χ2v) is 6.48.